The van der Waals surface area contributed by atoms with Crippen LogP contribution in [-0.4, -0.2) is 38.3 Å². The van der Waals surface area contributed by atoms with Crippen molar-refractivity contribution in [1.29, 1.82) is 0 Å². The van der Waals surface area contributed by atoms with Crippen LogP contribution in [-0.2, 0) is 11.3 Å². The lowest BCUT2D eigenvalue weighted by atomic mass is 10.1. The first-order chi connectivity index (χ1) is 9.17. The standard InChI is InChI=1S/C15H24N2O2/c1-17(11-14-5-3-4-6-19-14)10-12-7-13(16)9-15(8-12)18-2/h7-9,14H,3-6,10-11,16H2,1-2H3. The zero-order chi connectivity index (χ0) is 13.7. The van der Waals surface area contributed by atoms with Gasteiger partial charge in [0.2, 0.25) is 0 Å². The van der Waals surface area contributed by atoms with Gasteiger partial charge >= 0.3 is 0 Å². The van der Waals surface area contributed by atoms with E-state index in [9.17, 15) is 0 Å². The number of anilines is 1. The lowest BCUT2D eigenvalue weighted by Gasteiger charge is -2.27. The molecule has 0 radical (unpaired) electrons. The Morgan fingerprint density at radius 2 is 2.21 bits per heavy atom. The Morgan fingerprint density at radius 1 is 1.37 bits per heavy atom. The molecule has 4 nitrogen and oxygen atoms in total. The number of likely N-dealkylation sites (N-methyl/N-ethyl adjacent to an activating group) is 1. The molecule has 0 aromatic heterocycles. The molecule has 1 atom stereocenters. The fourth-order valence-electron chi connectivity index (χ4n) is 2.57. The Hall–Kier alpha value is -1.26. The highest BCUT2D eigenvalue weighted by Gasteiger charge is 2.16. The molecule has 19 heavy (non-hydrogen) atoms. The van der Waals surface area contributed by atoms with Gasteiger partial charge in [0.25, 0.3) is 0 Å². The lowest BCUT2D eigenvalue weighted by Crippen LogP contribution is -2.33. The molecular weight excluding hydrogens is 240 g/mol. The van der Waals surface area contributed by atoms with Gasteiger partial charge in [-0.15, -0.1) is 0 Å². The summed E-state index contributed by atoms with van der Waals surface area (Å²) in [5.41, 5.74) is 7.79. The van der Waals surface area contributed by atoms with E-state index in [1.807, 2.05) is 18.2 Å². The Morgan fingerprint density at radius 3 is 2.89 bits per heavy atom. The zero-order valence-electron chi connectivity index (χ0n) is 11.9. The summed E-state index contributed by atoms with van der Waals surface area (Å²) in [6, 6.07) is 5.88. The second-order valence-corrected chi connectivity index (χ2v) is 5.30. The molecule has 0 aliphatic carbocycles. The second kappa shape index (κ2) is 6.78. The summed E-state index contributed by atoms with van der Waals surface area (Å²) in [7, 11) is 3.78. The van der Waals surface area contributed by atoms with Crippen molar-refractivity contribution in [2.75, 3.05) is 33.0 Å². The van der Waals surface area contributed by atoms with Crippen molar-refractivity contribution in [2.24, 2.45) is 0 Å². The van der Waals surface area contributed by atoms with Crippen LogP contribution >= 0.6 is 0 Å². The van der Waals surface area contributed by atoms with Crippen LogP contribution in [0, 0.1) is 0 Å². The van der Waals surface area contributed by atoms with Gasteiger partial charge in [-0.2, -0.15) is 0 Å². The third kappa shape index (κ3) is 4.40. The Bertz CT molecular complexity index is 403. The van der Waals surface area contributed by atoms with E-state index in [4.69, 9.17) is 15.2 Å². The maximum atomic E-state index is 5.87. The lowest BCUT2D eigenvalue weighted by molar-refractivity contribution is -0.00259. The van der Waals surface area contributed by atoms with Crippen LogP contribution in [0.5, 0.6) is 5.75 Å². The largest absolute Gasteiger partial charge is 0.497 e. The van der Waals surface area contributed by atoms with Crippen LogP contribution in [0.2, 0.25) is 0 Å². The number of nitrogen functional groups attached to an aromatic ring is 1. The van der Waals surface area contributed by atoms with E-state index in [-0.39, 0.29) is 0 Å². The maximum Gasteiger partial charge on any atom is 0.121 e. The molecule has 0 saturated carbocycles. The van der Waals surface area contributed by atoms with E-state index < -0.39 is 0 Å². The van der Waals surface area contributed by atoms with Gasteiger partial charge in [0.15, 0.2) is 0 Å². The van der Waals surface area contributed by atoms with Crippen molar-refractivity contribution < 1.29 is 9.47 Å². The third-order valence-corrected chi connectivity index (χ3v) is 3.47. The third-order valence-electron chi connectivity index (χ3n) is 3.47. The summed E-state index contributed by atoms with van der Waals surface area (Å²) in [6.07, 6.45) is 4.03. The molecule has 1 heterocycles. The quantitative estimate of drug-likeness (QED) is 0.829. The number of benzene rings is 1. The number of ether oxygens (including phenoxy) is 2. The predicted octanol–water partition coefficient (Wildman–Crippen LogP) is 2.28. The molecule has 4 heteroatoms. The normalized spacial score (nSPS) is 19.6. The molecule has 2 rings (SSSR count). The van der Waals surface area contributed by atoms with E-state index in [1.165, 1.54) is 24.8 Å². The van der Waals surface area contributed by atoms with Crippen molar-refractivity contribution in [1.82, 2.24) is 4.90 Å². The van der Waals surface area contributed by atoms with Crippen molar-refractivity contribution in [3.8, 4) is 5.75 Å². The van der Waals surface area contributed by atoms with Gasteiger partial charge in [0, 0.05) is 31.5 Å². The van der Waals surface area contributed by atoms with Crippen LogP contribution in [0.15, 0.2) is 18.2 Å². The van der Waals surface area contributed by atoms with E-state index in [1.54, 1.807) is 7.11 Å². The summed E-state index contributed by atoms with van der Waals surface area (Å²) in [6.45, 7) is 2.74. The fraction of sp³-hybridized carbons (Fsp3) is 0.600. The van der Waals surface area contributed by atoms with Crippen LogP contribution < -0.4 is 10.5 Å². The molecule has 0 amide bonds. The van der Waals surface area contributed by atoms with E-state index >= 15 is 0 Å². The first-order valence-corrected chi connectivity index (χ1v) is 6.91. The minimum Gasteiger partial charge on any atom is -0.497 e. The van der Waals surface area contributed by atoms with Gasteiger partial charge in [0.1, 0.15) is 5.75 Å². The molecule has 1 aliphatic rings. The highest BCUT2D eigenvalue weighted by molar-refractivity contribution is 5.47. The van der Waals surface area contributed by atoms with Gasteiger partial charge in [-0.25, -0.2) is 0 Å². The fourth-order valence-corrected chi connectivity index (χ4v) is 2.57. The molecule has 1 aromatic rings. The smallest absolute Gasteiger partial charge is 0.121 e. The SMILES string of the molecule is COc1cc(N)cc(CN(C)CC2CCCCO2)c1. The molecule has 0 bridgehead atoms. The van der Waals surface area contributed by atoms with Gasteiger partial charge in [-0.3, -0.25) is 4.90 Å². The maximum absolute atomic E-state index is 5.87. The van der Waals surface area contributed by atoms with Gasteiger partial charge < -0.3 is 15.2 Å². The highest BCUT2D eigenvalue weighted by atomic mass is 16.5. The summed E-state index contributed by atoms with van der Waals surface area (Å²) in [5, 5.41) is 0. The van der Waals surface area contributed by atoms with Gasteiger partial charge in [-0.1, -0.05) is 0 Å². The van der Waals surface area contributed by atoms with Gasteiger partial charge in [-0.05, 0) is 44.0 Å². The average Bonchev–Trinajstić information content (AvgIpc) is 2.38. The Kier molecular flexibility index (Phi) is 5.05. The van der Waals surface area contributed by atoms with Crippen molar-refractivity contribution in [3.05, 3.63) is 23.8 Å². The Balaban J connectivity index is 1.90. The van der Waals surface area contributed by atoms with E-state index in [0.29, 0.717) is 6.10 Å². The Labute approximate surface area is 115 Å². The topological polar surface area (TPSA) is 47.7 Å². The summed E-state index contributed by atoms with van der Waals surface area (Å²) >= 11 is 0. The molecule has 2 N–H and O–H groups in total. The highest BCUT2D eigenvalue weighted by Crippen LogP contribution is 2.20. The van der Waals surface area contributed by atoms with Crippen molar-refractivity contribution >= 4 is 5.69 Å². The summed E-state index contributed by atoms with van der Waals surface area (Å²) in [4.78, 5) is 2.28. The van der Waals surface area contributed by atoms with Crippen molar-refractivity contribution in [2.45, 2.75) is 31.9 Å². The van der Waals surface area contributed by atoms with E-state index in [2.05, 4.69) is 11.9 Å². The molecule has 106 valence electrons. The predicted molar refractivity (Wildman–Crippen MR) is 77.3 cm³/mol. The van der Waals surface area contributed by atoms with Crippen LogP contribution in [0.1, 0.15) is 24.8 Å². The summed E-state index contributed by atoms with van der Waals surface area (Å²) < 4.78 is 11.0. The molecule has 1 aliphatic heterocycles. The zero-order valence-corrected chi connectivity index (χ0v) is 11.9. The second-order valence-electron chi connectivity index (χ2n) is 5.30. The number of rotatable bonds is 5. The number of hydrogen-bond donors (Lipinski definition) is 1. The average molecular weight is 264 g/mol. The van der Waals surface area contributed by atoms with E-state index in [0.717, 1.165) is 31.1 Å². The first-order valence-electron chi connectivity index (χ1n) is 6.91. The summed E-state index contributed by atoms with van der Waals surface area (Å²) in [5.74, 6) is 0.817. The number of nitrogens with zero attached hydrogens (tertiary/aromatic N) is 1. The van der Waals surface area contributed by atoms with Crippen LogP contribution in [0.25, 0.3) is 0 Å². The molecular formula is C15H24N2O2. The molecule has 1 unspecified atom stereocenters. The molecule has 0 spiro atoms. The number of methoxy groups -OCH3 is 1. The van der Waals surface area contributed by atoms with Crippen LogP contribution in [0.3, 0.4) is 0 Å². The monoisotopic (exact) mass is 264 g/mol. The number of hydrogen-bond acceptors (Lipinski definition) is 4. The minimum absolute atomic E-state index is 0.377. The van der Waals surface area contributed by atoms with Crippen LogP contribution in [0.4, 0.5) is 5.69 Å². The van der Waals surface area contributed by atoms with Gasteiger partial charge in [0.05, 0.1) is 13.2 Å². The minimum atomic E-state index is 0.377. The van der Waals surface area contributed by atoms with Crippen molar-refractivity contribution in [3.63, 3.8) is 0 Å². The first kappa shape index (κ1) is 14.2. The molecule has 1 aromatic carbocycles. The number of nitrogens with two attached hydrogens (primary N) is 1. The molecule has 1 saturated heterocycles. The molecule has 1 fully saturated rings.